The Kier molecular flexibility index (Phi) is 3.55. The predicted molar refractivity (Wildman–Crippen MR) is 69.9 cm³/mol. The molecule has 1 aromatic rings. The first-order valence-electron chi connectivity index (χ1n) is 6.37. The molecule has 18 heavy (non-hydrogen) atoms. The number of carbonyl (C=O) groups excluding carboxylic acids is 1. The van der Waals surface area contributed by atoms with Gasteiger partial charge in [-0.1, -0.05) is 0 Å². The summed E-state index contributed by atoms with van der Waals surface area (Å²) in [5, 5.41) is 0. The molecule has 1 aliphatic rings. The molecule has 0 aromatic heterocycles. The predicted octanol–water partition coefficient (Wildman–Crippen LogP) is 2.59. The van der Waals surface area contributed by atoms with Gasteiger partial charge in [-0.15, -0.1) is 0 Å². The highest BCUT2D eigenvalue weighted by Gasteiger charge is 2.26. The van der Waals surface area contributed by atoms with E-state index < -0.39 is 5.82 Å². The van der Waals surface area contributed by atoms with Crippen LogP contribution in [0.1, 0.15) is 35.7 Å². The van der Waals surface area contributed by atoms with Crippen molar-refractivity contribution in [1.82, 2.24) is 4.90 Å². The van der Waals surface area contributed by atoms with E-state index in [1.165, 1.54) is 18.9 Å². The van der Waals surface area contributed by atoms with Crippen LogP contribution in [0.15, 0.2) is 12.1 Å². The summed E-state index contributed by atoms with van der Waals surface area (Å²) in [6.07, 6.45) is 2.38. The van der Waals surface area contributed by atoms with Crippen LogP contribution in [0.2, 0.25) is 0 Å². The molecule has 0 spiro atoms. The maximum absolute atomic E-state index is 13.6. The average molecular weight is 250 g/mol. The summed E-state index contributed by atoms with van der Waals surface area (Å²) >= 11 is 0. The minimum atomic E-state index is -0.416. The van der Waals surface area contributed by atoms with Crippen LogP contribution in [0.3, 0.4) is 0 Å². The summed E-state index contributed by atoms with van der Waals surface area (Å²) in [6, 6.07) is 2.85. The average Bonchev–Trinajstić information content (AvgIpc) is 3.15. The summed E-state index contributed by atoms with van der Waals surface area (Å²) in [4.78, 5) is 14.0. The Labute approximate surface area is 107 Å². The number of hydrogen-bond acceptors (Lipinski definition) is 2. The van der Waals surface area contributed by atoms with Gasteiger partial charge in [0.15, 0.2) is 0 Å². The van der Waals surface area contributed by atoms with Gasteiger partial charge in [-0.2, -0.15) is 0 Å². The van der Waals surface area contributed by atoms with Crippen LogP contribution in [-0.4, -0.2) is 23.9 Å². The van der Waals surface area contributed by atoms with Gasteiger partial charge in [-0.05, 0) is 44.7 Å². The van der Waals surface area contributed by atoms with E-state index in [1.807, 2.05) is 6.92 Å². The van der Waals surface area contributed by atoms with Crippen molar-refractivity contribution in [3.63, 3.8) is 0 Å². The first kappa shape index (κ1) is 12.9. The molecule has 2 rings (SSSR count). The second kappa shape index (κ2) is 4.96. The second-order valence-electron chi connectivity index (χ2n) is 4.96. The fourth-order valence-electron chi connectivity index (χ4n) is 1.97. The lowest BCUT2D eigenvalue weighted by molar-refractivity contribution is 0.0756. The van der Waals surface area contributed by atoms with Gasteiger partial charge in [-0.3, -0.25) is 4.79 Å². The lowest BCUT2D eigenvalue weighted by Gasteiger charge is -2.21. The summed E-state index contributed by atoms with van der Waals surface area (Å²) in [7, 11) is 0. The zero-order valence-electron chi connectivity index (χ0n) is 10.9. The Bertz CT molecular complexity index is 446. The fraction of sp³-hybridized carbons (Fsp3) is 0.500. The molecule has 1 amide bonds. The van der Waals surface area contributed by atoms with Crippen molar-refractivity contribution in [2.45, 2.75) is 26.7 Å². The number of rotatable bonds is 4. The number of nitrogens with two attached hydrogens (primary N) is 1. The van der Waals surface area contributed by atoms with Gasteiger partial charge < -0.3 is 10.6 Å². The molecule has 1 fully saturated rings. The molecule has 0 radical (unpaired) electrons. The number of nitrogen functional groups attached to an aromatic ring is 1. The summed E-state index contributed by atoms with van der Waals surface area (Å²) in [5.41, 5.74) is 6.78. The highest BCUT2D eigenvalue weighted by atomic mass is 19.1. The standard InChI is InChI=1S/C14H19FN2O/c1-3-17(8-10-4-5-10)14(18)11-6-12(15)9(2)13(16)7-11/h6-7,10H,3-5,8,16H2,1-2H3. The lowest BCUT2D eigenvalue weighted by atomic mass is 10.1. The molecular formula is C14H19FN2O. The first-order valence-corrected chi connectivity index (χ1v) is 6.37. The van der Waals surface area contributed by atoms with Crippen LogP contribution >= 0.6 is 0 Å². The minimum absolute atomic E-state index is 0.130. The molecule has 98 valence electrons. The topological polar surface area (TPSA) is 46.3 Å². The normalized spacial score (nSPS) is 14.6. The van der Waals surface area contributed by atoms with Gasteiger partial charge >= 0.3 is 0 Å². The molecule has 1 aliphatic carbocycles. The van der Waals surface area contributed by atoms with E-state index in [-0.39, 0.29) is 5.91 Å². The number of carbonyl (C=O) groups is 1. The Morgan fingerprint density at radius 2 is 2.17 bits per heavy atom. The van der Waals surface area contributed by atoms with Gasteiger partial charge in [0.2, 0.25) is 0 Å². The molecule has 1 saturated carbocycles. The van der Waals surface area contributed by atoms with E-state index in [4.69, 9.17) is 5.73 Å². The lowest BCUT2D eigenvalue weighted by Crippen LogP contribution is -2.32. The summed E-state index contributed by atoms with van der Waals surface area (Å²) < 4.78 is 13.6. The SMILES string of the molecule is CCN(CC1CC1)C(=O)c1cc(N)c(C)c(F)c1. The number of benzene rings is 1. The molecule has 0 atom stereocenters. The molecule has 0 bridgehead atoms. The maximum Gasteiger partial charge on any atom is 0.254 e. The van der Waals surface area contributed by atoms with Crippen LogP contribution in [0, 0.1) is 18.7 Å². The zero-order chi connectivity index (χ0) is 13.3. The molecule has 0 saturated heterocycles. The zero-order valence-corrected chi connectivity index (χ0v) is 10.9. The third-order valence-corrected chi connectivity index (χ3v) is 3.48. The van der Waals surface area contributed by atoms with Crippen molar-refractivity contribution in [1.29, 1.82) is 0 Å². The van der Waals surface area contributed by atoms with Crippen LogP contribution in [0.5, 0.6) is 0 Å². The van der Waals surface area contributed by atoms with Gasteiger partial charge in [0.1, 0.15) is 5.82 Å². The molecular weight excluding hydrogens is 231 g/mol. The molecule has 2 N–H and O–H groups in total. The van der Waals surface area contributed by atoms with Crippen LogP contribution in [0.25, 0.3) is 0 Å². The number of hydrogen-bond donors (Lipinski definition) is 1. The van der Waals surface area contributed by atoms with Crippen molar-refractivity contribution in [2.75, 3.05) is 18.8 Å². The van der Waals surface area contributed by atoms with Gasteiger partial charge in [-0.25, -0.2) is 4.39 Å². The summed E-state index contributed by atoms with van der Waals surface area (Å²) in [5.74, 6) is 0.0809. The van der Waals surface area contributed by atoms with Gasteiger partial charge in [0.05, 0.1) is 0 Å². The van der Waals surface area contributed by atoms with E-state index in [2.05, 4.69) is 0 Å². The van der Waals surface area contributed by atoms with E-state index in [0.717, 1.165) is 6.54 Å². The first-order chi connectivity index (χ1) is 8.52. The van der Waals surface area contributed by atoms with Crippen molar-refractivity contribution in [2.24, 2.45) is 5.92 Å². The highest BCUT2D eigenvalue weighted by molar-refractivity contribution is 5.95. The largest absolute Gasteiger partial charge is 0.398 e. The Morgan fingerprint density at radius 1 is 1.50 bits per heavy atom. The van der Waals surface area contributed by atoms with Crippen molar-refractivity contribution in [3.8, 4) is 0 Å². The van der Waals surface area contributed by atoms with Crippen LogP contribution in [0.4, 0.5) is 10.1 Å². The number of amides is 1. The van der Waals surface area contributed by atoms with Crippen molar-refractivity contribution >= 4 is 11.6 Å². The number of nitrogens with zero attached hydrogens (tertiary/aromatic N) is 1. The molecule has 3 nitrogen and oxygen atoms in total. The smallest absolute Gasteiger partial charge is 0.254 e. The van der Waals surface area contributed by atoms with Crippen molar-refractivity contribution in [3.05, 3.63) is 29.1 Å². The second-order valence-corrected chi connectivity index (χ2v) is 4.96. The number of halogens is 1. The molecule has 0 aliphatic heterocycles. The third kappa shape index (κ3) is 2.63. The van der Waals surface area contributed by atoms with E-state index in [1.54, 1.807) is 17.9 Å². The Hall–Kier alpha value is -1.58. The molecule has 0 unspecified atom stereocenters. The third-order valence-electron chi connectivity index (χ3n) is 3.48. The van der Waals surface area contributed by atoms with E-state index in [0.29, 0.717) is 29.3 Å². The molecule has 4 heteroatoms. The van der Waals surface area contributed by atoms with Gasteiger partial charge in [0, 0.05) is 29.9 Å². The maximum atomic E-state index is 13.6. The highest BCUT2D eigenvalue weighted by Crippen LogP contribution is 2.30. The Balaban J connectivity index is 2.20. The quantitative estimate of drug-likeness (QED) is 0.835. The van der Waals surface area contributed by atoms with Crippen LogP contribution < -0.4 is 5.73 Å². The molecule has 0 heterocycles. The van der Waals surface area contributed by atoms with Crippen molar-refractivity contribution < 1.29 is 9.18 Å². The number of anilines is 1. The molecule has 1 aromatic carbocycles. The fourth-order valence-corrected chi connectivity index (χ4v) is 1.97. The van der Waals surface area contributed by atoms with Gasteiger partial charge in [0.25, 0.3) is 5.91 Å². The summed E-state index contributed by atoms with van der Waals surface area (Å²) in [6.45, 7) is 4.96. The van der Waals surface area contributed by atoms with E-state index in [9.17, 15) is 9.18 Å². The Morgan fingerprint density at radius 3 is 2.67 bits per heavy atom. The monoisotopic (exact) mass is 250 g/mol. The van der Waals surface area contributed by atoms with E-state index >= 15 is 0 Å². The minimum Gasteiger partial charge on any atom is -0.398 e. The van der Waals surface area contributed by atoms with Crippen LogP contribution in [-0.2, 0) is 0 Å².